The van der Waals surface area contributed by atoms with E-state index in [2.05, 4.69) is 9.98 Å². The molecule has 1 aromatic heterocycles. The molecule has 0 amide bonds. The largest absolute Gasteiger partial charge is 0.497 e. The first-order chi connectivity index (χ1) is 16.0. The van der Waals surface area contributed by atoms with E-state index in [0.717, 1.165) is 11.3 Å². The molecule has 4 rings (SSSR count). The Morgan fingerprint density at radius 2 is 1.79 bits per heavy atom. The number of aromatic hydroxyl groups is 1. The van der Waals surface area contributed by atoms with Gasteiger partial charge in [0, 0.05) is 6.08 Å². The maximum Gasteiger partial charge on any atom is 0.258 e. The third kappa shape index (κ3) is 4.95. The SMILES string of the molecule is COc1ccc(Cn2c(O)c(/C=C3\N=C(C#N)C(=Nc4ccc(OC)cc4)O3)sc2=S)cc1. The number of aromatic nitrogens is 1. The maximum absolute atomic E-state index is 10.7. The molecule has 0 bridgehead atoms. The zero-order valence-electron chi connectivity index (χ0n) is 17.7. The van der Waals surface area contributed by atoms with Gasteiger partial charge in [-0.3, -0.25) is 4.57 Å². The smallest absolute Gasteiger partial charge is 0.258 e. The minimum Gasteiger partial charge on any atom is -0.497 e. The van der Waals surface area contributed by atoms with Gasteiger partial charge < -0.3 is 19.3 Å². The number of ether oxygens (including phenoxy) is 3. The molecule has 0 radical (unpaired) electrons. The molecule has 1 N–H and O–H groups in total. The highest BCUT2D eigenvalue weighted by Gasteiger charge is 2.23. The second-order valence-corrected chi connectivity index (χ2v) is 8.44. The minimum absolute atomic E-state index is 0.00818. The Morgan fingerprint density at radius 1 is 1.15 bits per heavy atom. The minimum atomic E-state index is -0.00818. The van der Waals surface area contributed by atoms with Crippen molar-refractivity contribution in [3.63, 3.8) is 0 Å². The number of methoxy groups -OCH3 is 2. The Bertz CT molecular complexity index is 1360. The molecule has 10 heteroatoms. The van der Waals surface area contributed by atoms with E-state index in [4.69, 9.17) is 26.4 Å². The molecule has 2 heterocycles. The maximum atomic E-state index is 10.7. The van der Waals surface area contributed by atoms with Crippen molar-refractivity contribution in [2.24, 2.45) is 9.98 Å². The van der Waals surface area contributed by atoms with Gasteiger partial charge in [0.05, 0.1) is 31.3 Å². The highest BCUT2D eigenvalue weighted by molar-refractivity contribution is 7.73. The van der Waals surface area contributed by atoms with Gasteiger partial charge in [-0.1, -0.05) is 12.1 Å². The first-order valence-corrected chi connectivity index (χ1v) is 10.9. The van der Waals surface area contributed by atoms with Crippen LogP contribution in [0.2, 0.25) is 0 Å². The fourth-order valence-corrected chi connectivity index (χ4v) is 4.22. The summed E-state index contributed by atoms with van der Waals surface area (Å²) >= 11 is 6.64. The van der Waals surface area contributed by atoms with Crippen molar-refractivity contribution in [2.75, 3.05) is 14.2 Å². The molecule has 33 heavy (non-hydrogen) atoms. The summed E-state index contributed by atoms with van der Waals surface area (Å²) in [5.41, 5.74) is 1.58. The summed E-state index contributed by atoms with van der Waals surface area (Å²) in [6.07, 6.45) is 1.54. The molecule has 1 aliphatic heterocycles. The van der Waals surface area contributed by atoms with E-state index in [1.165, 1.54) is 17.4 Å². The second kappa shape index (κ2) is 9.68. The fraction of sp³-hybridized carbons (Fsp3) is 0.130. The van der Waals surface area contributed by atoms with Crippen LogP contribution in [-0.4, -0.2) is 35.5 Å². The predicted octanol–water partition coefficient (Wildman–Crippen LogP) is 5.07. The molecule has 3 aromatic rings. The molecular weight excluding hydrogens is 460 g/mol. The van der Waals surface area contributed by atoms with Crippen LogP contribution in [0.3, 0.4) is 0 Å². The van der Waals surface area contributed by atoms with Crippen LogP contribution in [-0.2, 0) is 11.3 Å². The normalized spacial score (nSPS) is 15.2. The van der Waals surface area contributed by atoms with Gasteiger partial charge in [0.15, 0.2) is 3.95 Å². The van der Waals surface area contributed by atoms with Crippen LogP contribution in [0, 0.1) is 15.3 Å². The van der Waals surface area contributed by atoms with E-state index in [9.17, 15) is 10.4 Å². The van der Waals surface area contributed by atoms with Crippen LogP contribution in [0.1, 0.15) is 10.4 Å². The van der Waals surface area contributed by atoms with Gasteiger partial charge in [-0.2, -0.15) is 10.3 Å². The van der Waals surface area contributed by atoms with Crippen LogP contribution in [0.4, 0.5) is 5.69 Å². The third-order valence-electron chi connectivity index (χ3n) is 4.68. The van der Waals surface area contributed by atoms with E-state index < -0.39 is 0 Å². The number of nitrogens with zero attached hydrogens (tertiary/aromatic N) is 4. The zero-order valence-corrected chi connectivity index (χ0v) is 19.3. The van der Waals surface area contributed by atoms with E-state index in [0.29, 0.717) is 26.8 Å². The van der Waals surface area contributed by atoms with Crippen LogP contribution >= 0.6 is 23.6 Å². The Labute approximate surface area is 199 Å². The first-order valence-electron chi connectivity index (χ1n) is 9.67. The zero-order chi connectivity index (χ0) is 23.4. The summed E-state index contributed by atoms with van der Waals surface area (Å²) in [7, 11) is 3.18. The van der Waals surface area contributed by atoms with Gasteiger partial charge in [-0.15, -0.1) is 11.3 Å². The Kier molecular flexibility index (Phi) is 6.53. The summed E-state index contributed by atoms with van der Waals surface area (Å²) in [6, 6.07) is 16.5. The van der Waals surface area contributed by atoms with E-state index in [1.807, 2.05) is 30.3 Å². The highest BCUT2D eigenvalue weighted by Crippen LogP contribution is 2.31. The molecule has 0 fully saturated rings. The van der Waals surface area contributed by atoms with Crippen molar-refractivity contribution in [1.29, 1.82) is 5.26 Å². The predicted molar refractivity (Wildman–Crippen MR) is 129 cm³/mol. The molecule has 0 saturated heterocycles. The summed E-state index contributed by atoms with van der Waals surface area (Å²) in [5.74, 6) is 1.65. The van der Waals surface area contributed by atoms with E-state index in [1.54, 1.807) is 43.1 Å². The first kappa shape index (κ1) is 22.3. The van der Waals surface area contributed by atoms with Gasteiger partial charge >= 0.3 is 0 Å². The summed E-state index contributed by atoms with van der Waals surface area (Å²) < 4.78 is 18.1. The van der Waals surface area contributed by atoms with Gasteiger partial charge in [-0.25, -0.2) is 4.99 Å². The molecule has 0 saturated carbocycles. The summed E-state index contributed by atoms with van der Waals surface area (Å²) in [4.78, 5) is 8.98. The summed E-state index contributed by atoms with van der Waals surface area (Å²) in [6.45, 7) is 0.395. The highest BCUT2D eigenvalue weighted by atomic mass is 32.1. The van der Waals surface area contributed by atoms with Crippen molar-refractivity contribution < 1.29 is 19.3 Å². The van der Waals surface area contributed by atoms with Gasteiger partial charge in [0.2, 0.25) is 17.5 Å². The lowest BCUT2D eigenvalue weighted by Crippen LogP contribution is -2.07. The quantitative estimate of drug-likeness (QED) is 0.496. The standard InChI is InChI=1S/C23H18N4O4S2/c1-29-16-7-3-14(4-8-16)13-27-22(28)19(33-23(27)32)11-20-26-18(12-24)21(31-20)25-15-5-9-17(30-2)10-6-15/h3-11,28H,13H2,1-2H3/b20-11+,25-21?. The monoisotopic (exact) mass is 478 g/mol. The van der Waals surface area contributed by atoms with Crippen LogP contribution in [0.5, 0.6) is 17.4 Å². The lowest BCUT2D eigenvalue weighted by molar-refractivity contribution is 0.413. The van der Waals surface area contributed by atoms with Crippen molar-refractivity contribution in [3.8, 4) is 23.4 Å². The lowest BCUT2D eigenvalue weighted by Gasteiger charge is -2.06. The van der Waals surface area contributed by atoms with Crippen LogP contribution in [0.25, 0.3) is 6.08 Å². The average Bonchev–Trinajstić information content (AvgIpc) is 3.34. The number of rotatable bonds is 6. The van der Waals surface area contributed by atoms with Crippen molar-refractivity contribution in [1.82, 2.24) is 4.57 Å². The molecule has 2 aromatic carbocycles. The lowest BCUT2D eigenvalue weighted by atomic mass is 10.2. The number of thiazole rings is 1. The van der Waals surface area contributed by atoms with Crippen LogP contribution < -0.4 is 9.47 Å². The van der Waals surface area contributed by atoms with Crippen molar-refractivity contribution >= 4 is 46.9 Å². The molecule has 0 aliphatic carbocycles. The molecular formula is C23H18N4O4S2. The van der Waals surface area contributed by atoms with Gasteiger partial charge in [0.25, 0.3) is 5.90 Å². The van der Waals surface area contributed by atoms with Gasteiger partial charge in [-0.05, 0) is 54.2 Å². The Morgan fingerprint density at radius 3 is 2.39 bits per heavy atom. The fourth-order valence-electron chi connectivity index (χ4n) is 2.99. The van der Waals surface area contributed by atoms with E-state index >= 15 is 0 Å². The van der Waals surface area contributed by atoms with Gasteiger partial charge in [0.1, 0.15) is 17.6 Å². The average molecular weight is 479 g/mol. The number of hydrogen-bond acceptors (Lipinski definition) is 9. The van der Waals surface area contributed by atoms with Crippen molar-refractivity contribution in [3.05, 3.63) is 68.8 Å². The molecule has 0 unspecified atom stereocenters. The van der Waals surface area contributed by atoms with E-state index in [-0.39, 0.29) is 23.4 Å². The van der Waals surface area contributed by atoms with Crippen molar-refractivity contribution in [2.45, 2.75) is 6.54 Å². The molecule has 8 nitrogen and oxygen atoms in total. The molecule has 1 aliphatic rings. The van der Waals surface area contributed by atoms with Crippen LogP contribution in [0.15, 0.2) is 64.4 Å². The number of benzene rings is 2. The Balaban J connectivity index is 1.58. The topological polar surface area (TPSA) is 101 Å². The summed E-state index contributed by atoms with van der Waals surface area (Å²) in [5, 5.41) is 20.2. The number of aliphatic imine (C=N–C) groups is 2. The third-order valence-corrected chi connectivity index (χ3v) is 6.07. The Hall–Kier alpha value is -3.94. The molecule has 0 spiro atoms. The number of hydrogen-bond donors (Lipinski definition) is 1. The number of nitriles is 1. The second-order valence-electron chi connectivity index (χ2n) is 6.76. The molecule has 166 valence electrons. The molecule has 0 atom stereocenters.